The zero-order valence-electron chi connectivity index (χ0n) is 11.8. The van der Waals surface area contributed by atoms with E-state index in [4.69, 9.17) is 16.3 Å². The van der Waals surface area contributed by atoms with Crippen molar-refractivity contribution in [1.82, 2.24) is 0 Å². The minimum atomic E-state index is -0.497. The van der Waals surface area contributed by atoms with Gasteiger partial charge in [0.2, 0.25) is 0 Å². The molecule has 0 N–H and O–H groups in total. The molecule has 108 valence electrons. The fraction of sp³-hybridized carbons (Fsp3) is 0.176. The molecule has 0 spiro atoms. The van der Waals surface area contributed by atoms with Crippen molar-refractivity contribution < 1.29 is 14.3 Å². The van der Waals surface area contributed by atoms with Crippen LogP contribution >= 0.6 is 11.6 Å². The van der Waals surface area contributed by atoms with Gasteiger partial charge in [-0.3, -0.25) is 9.59 Å². The van der Waals surface area contributed by atoms with E-state index in [9.17, 15) is 9.59 Å². The van der Waals surface area contributed by atoms with Gasteiger partial charge in [0, 0.05) is 16.1 Å². The van der Waals surface area contributed by atoms with Gasteiger partial charge in [-0.15, -0.1) is 0 Å². The van der Waals surface area contributed by atoms with Crippen molar-refractivity contribution in [2.45, 2.75) is 20.0 Å². The van der Waals surface area contributed by atoms with Crippen LogP contribution in [0.1, 0.15) is 29.8 Å². The van der Waals surface area contributed by atoms with Gasteiger partial charge in [0.25, 0.3) is 0 Å². The molecule has 2 aromatic rings. The third kappa shape index (κ3) is 3.92. The molecular formula is C17H15ClO3. The number of halogens is 1. The van der Waals surface area contributed by atoms with Crippen LogP contribution in [-0.2, 0) is 4.79 Å². The molecule has 4 heteroatoms. The molecule has 2 aromatic carbocycles. The van der Waals surface area contributed by atoms with Crippen LogP contribution in [0.5, 0.6) is 5.75 Å². The lowest BCUT2D eigenvalue weighted by Crippen LogP contribution is -2.20. The normalized spacial score (nSPS) is 11.8. The van der Waals surface area contributed by atoms with Gasteiger partial charge in [-0.25, -0.2) is 0 Å². The van der Waals surface area contributed by atoms with E-state index >= 15 is 0 Å². The fourth-order valence-corrected chi connectivity index (χ4v) is 1.87. The Morgan fingerprint density at radius 1 is 0.952 bits per heavy atom. The van der Waals surface area contributed by atoms with Gasteiger partial charge in [-0.2, -0.15) is 0 Å². The average Bonchev–Trinajstić information content (AvgIpc) is 2.48. The minimum absolute atomic E-state index is 0.0451. The molecule has 0 radical (unpaired) electrons. The van der Waals surface area contributed by atoms with E-state index in [0.29, 0.717) is 21.9 Å². The van der Waals surface area contributed by atoms with Gasteiger partial charge >= 0.3 is 0 Å². The topological polar surface area (TPSA) is 43.4 Å². The molecule has 0 bridgehead atoms. The summed E-state index contributed by atoms with van der Waals surface area (Å²) in [6, 6.07) is 13.5. The number of carbonyl (C=O) groups is 2. The van der Waals surface area contributed by atoms with Crippen LogP contribution in [0.3, 0.4) is 0 Å². The van der Waals surface area contributed by atoms with Crippen molar-refractivity contribution in [2.75, 3.05) is 0 Å². The summed E-state index contributed by atoms with van der Waals surface area (Å²) in [5, 5.41) is 0.591. The van der Waals surface area contributed by atoms with Crippen LogP contribution in [0.2, 0.25) is 5.02 Å². The van der Waals surface area contributed by atoms with Crippen molar-refractivity contribution in [3.05, 3.63) is 64.7 Å². The molecule has 0 aliphatic heterocycles. The molecule has 3 nitrogen and oxygen atoms in total. The predicted octanol–water partition coefficient (Wildman–Crippen LogP) is 3.93. The van der Waals surface area contributed by atoms with Crippen molar-refractivity contribution >= 4 is 23.2 Å². The summed E-state index contributed by atoms with van der Waals surface area (Å²) in [7, 11) is 0. The van der Waals surface area contributed by atoms with Gasteiger partial charge in [-0.05, 0) is 62.4 Å². The van der Waals surface area contributed by atoms with Crippen LogP contribution in [0.25, 0.3) is 0 Å². The lowest BCUT2D eigenvalue weighted by Gasteiger charge is -2.11. The summed E-state index contributed by atoms with van der Waals surface area (Å²) in [4.78, 5) is 23.4. The second-order valence-electron chi connectivity index (χ2n) is 4.73. The van der Waals surface area contributed by atoms with Crippen LogP contribution in [0.15, 0.2) is 48.5 Å². The van der Waals surface area contributed by atoms with Gasteiger partial charge in [0.15, 0.2) is 17.7 Å². The number of benzene rings is 2. The molecule has 0 saturated heterocycles. The Morgan fingerprint density at radius 2 is 1.43 bits per heavy atom. The van der Waals surface area contributed by atoms with Crippen molar-refractivity contribution in [2.24, 2.45) is 0 Å². The highest BCUT2D eigenvalue weighted by atomic mass is 35.5. The Bertz CT molecular complexity index is 645. The summed E-state index contributed by atoms with van der Waals surface area (Å²) in [5.74, 6) is 0.430. The van der Waals surface area contributed by atoms with Crippen LogP contribution in [0, 0.1) is 0 Å². The van der Waals surface area contributed by atoms with Gasteiger partial charge in [0.1, 0.15) is 5.75 Å². The van der Waals surface area contributed by atoms with Gasteiger partial charge in [0.05, 0.1) is 0 Å². The first-order chi connectivity index (χ1) is 9.97. The van der Waals surface area contributed by atoms with E-state index in [0.717, 1.165) is 0 Å². The monoisotopic (exact) mass is 302 g/mol. The van der Waals surface area contributed by atoms with E-state index in [1.54, 1.807) is 55.5 Å². The predicted molar refractivity (Wildman–Crippen MR) is 82.1 cm³/mol. The zero-order valence-corrected chi connectivity index (χ0v) is 12.6. The second-order valence-corrected chi connectivity index (χ2v) is 5.17. The van der Waals surface area contributed by atoms with Crippen molar-refractivity contribution in [3.63, 3.8) is 0 Å². The molecule has 21 heavy (non-hydrogen) atoms. The molecule has 0 unspecified atom stereocenters. The molecule has 0 saturated carbocycles. The Kier molecular flexibility index (Phi) is 4.76. The zero-order chi connectivity index (χ0) is 15.4. The van der Waals surface area contributed by atoms with Crippen LogP contribution in [-0.4, -0.2) is 17.7 Å². The first-order valence-electron chi connectivity index (χ1n) is 6.55. The summed E-state index contributed by atoms with van der Waals surface area (Å²) in [6.45, 7) is 3.16. The maximum atomic E-state index is 12.3. The number of ether oxygens (including phenoxy) is 1. The molecule has 0 heterocycles. The van der Waals surface area contributed by atoms with Crippen molar-refractivity contribution in [1.29, 1.82) is 0 Å². The molecular weight excluding hydrogens is 288 g/mol. The number of Topliss-reactive ketones (excluding diaryl/α,β-unsaturated/α-hetero) is 1. The Morgan fingerprint density at radius 3 is 1.90 bits per heavy atom. The van der Waals surface area contributed by atoms with Crippen LogP contribution < -0.4 is 4.74 Å². The largest absolute Gasteiger partial charge is 0.483 e. The molecule has 0 aliphatic rings. The first-order valence-corrected chi connectivity index (χ1v) is 6.92. The molecule has 0 fully saturated rings. The molecule has 1 atom stereocenters. The number of ketones is 2. The molecule has 0 aliphatic carbocycles. The minimum Gasteiger partial charge on any atom is -0.483 e. The lowest BCUT2D eigenvalue weighted by molar-refractivity contribution is -0.122. The van der Waals surface area contributed by atoms with Crippen molar-refractivity contribution in [3.8, 4) is 5.75 Å². The molecule has 2 rings (SSSR count). The Hall–Kier alpha value is -2.13. The highest BCUT2D eigenvalue weighted by Gasteiger charge is 2.11. The number of rotatable bonds is 5. The molecule has 0 amide bonds. The molecule has 0 aromatic heterocycles. The standard InChI is InChI=1S/C17H15ClO3/c1-11(19)12(2)21-16-9-5-14(6-10-16)17(20)13-3-7-15(18)8-4-13/h3-10,12H,1-2H3/t12-/m0/s1. The van der Waals surface area contributed by atoms with E-state index in [1.165, 1.54) is 6.92 Å². The summed E-state index contributed by atoms with van der Waals surface area (Å²) >= 11 is 5.80. The Labute approximate surface area is 128 Å². The lowest BCUT2D eigenvalue weighted by atomic mass is 10.0. The highest BCUT2D eigenvalue weighted by molar-refractivity contribution is 6.30. The quantitative estimate of drug-likeness (QED) is 0.786. The maximum Gasteiger partial charge on any atom is 0.193 e. The first kappa shape index (κ1) is 15.3. The summed E-state index contributed by atoms with van der Waals surface area (Å²) < 4.78 is 5.45. The summed E-state index contributed by atoms with van der Waals surface area (Å²) in [6.07, 6.45) is -0.497. The van der Waals surface area contributed by atoms with E-state index < -0.39 is 6.10 Å². The highest BCUT2D eigenvalue weighted by Crippen LogP contribution is 2.18. The smallest absolute Gasteiger partial charge is 0.193 e. The van der Waals surface area contributed by atoms with Gasteiger partial charge in [-0.1, -0.05) is 11.6 Å². The number of carbonyl (C=O) groups excluding carboxylic acids is 2. The maximum absolute atomic E-state index is 12.3. The fourth-order valence-electron chi connectivity index (χ4n) is 1.74. The average molecular weight is 303 g/mol. The van der Waals surface area contributed by atoms with Gasteiger partial charge < -0.3 is 4.74 Å². The number of hydrogen-bond acceptors (Lipinski definition) is 3. The van der Waals surface area contributed by atoms with Crippen LogP contribution in [0.4, 0.5) is 0 Å². The SMILES string of the molecule is CC(=O)[C@H](C)Oc1ccc(C(=O)c2ccc(Cl)cc2)cc1. The Balaban J connectivity index is 2.13. The van der Waals surface area contributed by atoms with E-state index in [1.807, 2.05) is 0 Å². The summed E-state index contributed by atoms with van der Waals surface area (Å²) in [5.41, 5.74) is 1.13. The van der Waals surface area contributed by atoms with E-state index in [2.05, 4.69) is 0 Å². The third-order valence-electron chi connectivity index (χ3n) is 3.11. The number of hydrogen-bond donors (Lipinski definition) is 0. The van der Waals surface area contributed by atoms with E-state index in [-0.39, 0.29) is 11.6 Å². The second kappa shape index (κ2) is 6.55. The third-order valence-corrected chi connectivity index (χ3v) is 3.36.